The molecule has 0 spiro atoms. The third-order valence-electron chi connectivity index (χ3n) is 2.21. The monoisotopic (exact) mass is 440 g/mol. The molecule has 0 fully saturated rings. The Labute approximate surface area is 165 Å². The zero-order valence-electron chi connectivity index (χ0n) is 15.9. The first-order chi connectivity index (χ1) is 9.37. The summed E-state index contributed by atoms with van der Waals surface area (Å²) in [6.45, 7) is 17.1. The van der Waals surface area contributed by atoms with E-state index in [9.17, 15) is 0 Å². The predicted molar refractivity (Wildman–Crippen MR) is 110 cm³/mol. The fraction of sp³-hybridized carbons (Fsp3) is 0.889. The molecule has 0 N–H and O–H groups in total. The van der Waals surface area contributed by atoms with Crippen LogP contribution in [0.15, 0.2) is 0 Å². The van der Waals surface area contributed by atoms with Crippen LogP contribution in [-0.2, 0) is 25.3 Å². The molecule has 0 aromatic heterocycles. The standard InChI is InChI=1S/2C5H12S.2C4H9.Sn/c2*1-5(2)3-4-6;2*1-3-4-2;/h2*5-6H,3-4H2,1-2H3;2*3H,4H2,1-2H3;/q;;;;+2/p-2. The summed E-state index contributed by atoms with van der Waals surface area (Å²) in [5, 5.41) is 0. The van der Waals surface area contributed by atoms with Crippen LogP contribution in [0.5, 0.6) is 0 Å². The molecule has 4 radical (unpaired) electrons. The molecule has 0 aromatic rings. The Bertz CT molecular complexity index is 99.8. The van der Waals surface area contributed by atoms with Gasteiger partial charge in [0.15, 0.2) is 0 Å². The number of hydrogen-bond acceptors (Lipinski definition) is 2. The number of hydrogen-bond donors (Lipinski definition) is 0. The Balaban J connectivity index is -0.0000000544. The average Bonchev–Trinajstić information content (AvgIpc) is 2.39. The zero-order valence-corrected chi connectivity index (χ0v) is 20.4. The zero-order chi connectivity index (χ0) is 16.8. The molecule has 0 amide bonds. The Morgan fingerprint density at radius 1 is 0.714 bits per heavy atom. The van der Waals surface area contributed by atoms with Crippen LogP contribution in [0.4, 0.5) is 0 Å². The molecular weight excluding hydrogens is 399 g/mol. The summed E-state index contributed by atoms with van der Waals surface area (Å²) in [4.78, 5) is 0. The summed E-state index contributed by atoms with van der Waals surface area (Å²) in [6.07, 6.45) is 9.02. The molecule has 0 bridgehead atoms. The quantitative estimate of drug-likeness (QED) is 0.367. The van der Waals surface area contributed by atoms with Crippen molar-refractivity contribution in [3.63, 3.8) is 0 Å². The maximum atomic E-state index is 4.73. The smallest absolute Gasteiger partial charge is 0.793 e. The molecule has 0 rings (SSSR count). The molecule has 0 saturated heterocycles. The Hall–Kier alpha value is 1.50. The molecule has 0 aliphatic rings. The van der Waals surface area contributed by atoms with Gasteiger partial charge in [-0.15, -0.1) is 0 Å². The summed E-state index contributed by atoms with van der Waals surface area (Å²) in [5.74, 6) is 3.42. The molecule has 3 heteroatoms. The van der Waals surface area contributed by atoms with Gasteiger partial charge in [0.05, 0.1) is 0 Å². The first kappa shape index (κ1) is 34.0. The maximum absolute atomic E-state index is 4.73. The van der Waals surface area contributed by atoms with Crippen LogP contribution in [0.3, 0.4) is 0 Å². The minimum atomic E-state index is 0. The summed E-state index contributed by atoms with van der Waals surface area (Å²) in [7, 11) is 0. The van der Waals surface area contributed by atoms with E-state index in [1.165, 1.54) is 25.7 Å². The van der Waals surface area contributed by atoms with Gasteiger partial charge in [0.25, 0.3) is 0 Å². The van der Waals surface area contributed by atoms with Crippen molar-refractivity contribution in [1.82, 2.24) is 0 Å². The van der Waals surface area contributed by atoms with Crippen LogP contribution in [0, 0.1) is 24.7 Å². The van der Waals surface area contributed by atoms with Crippen LogP contribution in [0.2, 0.25) is 0 Å². The second kappa shape index (κ2) is 37.6. The van der Waals surface area contributed by atoms with Crippen molar-refractivity contribution in [1.29, 1.82) is 0 Å². The normalized spacial score (nSPS) is 8.57. The van der Waals surface area contributed by atoms with Crippen molar-refractivity contribution >= 4 is 49.2 Å². The summed E-state index contributed by atoms with van der Waals surface area (Å²) < 4.78 is 0. The van der Waals surface area contributed by atoms with Gasteiger partial charge in [-0.3, -0.25) is 0 Å². The van der Waals surface area contributed by atoms with E-state index in [1.54, 1.807) is 0 Å². The second-order valence-electron chi connectivity index (χ2n) is 5.41. The largest absolute Gasteiger partial charge is 2.00 e. The first-order valence-corrected chi connectivity index (χ1v) is 9.24. The van der Waals surface area contributed by atoms with Crippen LogP contribution >= 0.6 is 0 Å². The van der Waals surface area contributed by atoms with Crippen molar-refractivity contribution in [2.75, 3.05) is 11.5 Å². The fourth-order valence-corrected chi connectivity index (χ4v) is 1.41. The van der Waals surface area contributed by atoms with Crippen molar-refractivity contribution in [3.05, 3.63) is 12.8 Å². The summed E-state index contributed by atoms with van der Waals surface area (Å²) >= 11 is 9.46. The van der Waals surface area contributed by atoms with E-state index in [-0.39, 0.29) is 23.9 Å². The van der Waals surface area contributed by atoms with Gasteiger partial charge in [0, 0.05) is 0 Å². The van der Waals surface area contributed by atoms with Gasteiger partial charge in [-0.25, -0.2) is 0 Å². The van der Waals surface area contributed by atoms with Crippen molar-refractivity contribution in [2.45, 2.75) is 81.1 Å². The Morgan fingerprint density at radius 3 is 0.905 bits per heavy atom. The molecule has 0 atom stereocenters. The Morgan fingerprint density at radius 2 is 0.905 bits per heavy atom. The first-order valence-electron chi connectivity index (χ1n) is 8.09. The average molecular weight is 439 g/mol. The van der Waals surface area contributed by atoms with Crippen LogP contribution in [0.1, 0.15) is 81.1 Å². The topological polar surface area (TPSA) is 0 Å². The minimum Gasteiger partial charge on any atom is -0.793 e. The van der Waals surface area contributed by atoms with Gasteiger partial charge in [0.1, 0.15) is 0 Å². The number of rotatable bonds is 6. The van der Waals surface area contributed by atoms with Crippen LogP contribution < -0.4 is 0 Å². The minimum absolute atomic E-state index is 0. The van der Waals surface area contributed by atoms with Crippen LogP contribution in [0.25, 0.3) is 0 Å². The van der Waals surface area contributed by atoms with E-state index in [2.05, 4.69) is 68.2 Å². The molecule has 0 saturated carbocycles. The van der Waals surface area contributed by atoms with Gasteiger partial charge in [-0.2, -0.15) is 11.5 Å². The van der Waals surface area contributed by atoms with Crippen molar-refractivity contribution < 1.29 is 0 Å². The van der Waals surface area contributed by atoms with Gasteiger partial charge in [-0.05, 0) is 24.7 Å². The van der Waals surface area contributed by atoms with Crippen molar-refractivity contribution in [2.24, 2.45) is 11.8 Å². The molecule has 0 nitrogen and oxygen atoms in total. The maximum Gasteiger partial charge on any atom is 2.00 e. The molecule has 0 aliphatic heterocycles. The van der Waals surface area contributed by atoms with E-state index < -0.39 is 0 Å². The van der Waals surface area contributed by atoms with Gasteiger partial charge in [0.2, 0.25) is 0 Å². The molecule has 0 aliphatic carbocycles. The van der Waals surface area contributed by atoms with E-state index in [1.807, 2.05) is 0 Å². The SMILES string of the molecule is CC(C)CC[S-].CC(C)CC[S-].C[CH]CC.C[CH]CC.[Sn+2]. The third kappa shape index (κ3) is 90.6. The molecule has 128 valence electrons. The second-order valence-corrected chi connectivity index (χ2v) is 6.22. The van der Waals surface area contributed by atoms with E-state index in [0.29, 0.717) is 0 Å². The van der Waals surface area contributed by atoms with E-state index in [0.717, 1.165) is 23.3 Å². The fourth-order valence-electron chi connectivity index (χ4n) is 0.471. The summed E-state index contributed by atoms with van der Waals surface area (Å²) in [5.41, 5.74) is 0. The third-order valence-corrected chi connectivity index (χ3v) is 2.68. The van der Waals surface area contributed by atoms with Crippen LogP contribution in [-0.4, -0.2) is 35.4 Å². The Kier molecular flexibility index (Phi) is 60.8. The molecule has 0 heterocycles. The molecular formula is C18H40S2Sn. The predicted octanol–water partition coefficient (Wildman–Crippen LogP) is 6.02. The van der Waals surface area contributed by atoms with Gasteiger partial charge >= 0.3 is 23.9 Å². The summed E-state index contributed by atoms with van der Waals surface area (Å²) in [6, 6.07) is 0. The van der Waals surface area contributed by atoms with Gasteiger partial charge < -0.3 is 25.3 Å². The van der Waals surface area contributed by atoms with E-state index >= 15 is 0 Å². The molecule has 21 heavy (non-hydrogen) atoms. The van der Waals surface area contributed by atoms with E-state index in [4.69, 9.17) is 25.3 Å². The molecule has 0 aromatic carbocycles. The van der Waals surface area contributed by atoms with Crippen molar-refractivity contribution in [3.8, 4) is 0 Å². The molecule has 0 unspecified atom stereocenters. The number of unbranched alkanes of at least 4 members (excludes halogenated alkanes) is 2. The van der Waals surface area contributed by atoms with Gasteiger partial charge in [-0.1, -0.05) is 81.1 Å².